The van der Waals surface area contributed by atoms with E-state index in [2.05, 4.69) is 4.74 Å². The Balaban J connectivity index is 2.87. The Morgan fingerprint density at radius 2 is 1.89 bits per heavy atom. The second-order valence-electron chi connectivity index (χ2n) is 4.44. The van der Waals surface area contributed by atoms with Gasteiger partial charge in [-0.05, 0) is 18.4 Å². The molecule has 0 saturated heterocycles. The summed E-state index contributed by atoms with van der Waals surface area (Å²) in [6.45, 7) is 4.04. The molecule has 0 aromatic heterocycles. The van der Waals surface area contributed by atoms with Gasteiger partial charge in [0.25, 0.3) is 0 Å². The van der Waals surface area contributed by atoms with E-state index in [4.69, 9.17) is 5.73 Å². The molecule has 5 heteroatoms. The van der Waals surface area contributed by atoms with Crippen LogP contribution in [-0.2, 0) is 0 Å². The first kappa shape index (κ1) is 14.8. The Bertz CT molecular complexity index is 379. The molecule has 0 aliphatic rings. The summed E-state index contributed by atoms with van der Waals surface area (Å²) in [5, 5.41) is 0. The molecule has 0 heterocycles. The minimum Gasteiger partial charge on any atom is -0.405 e. The van der Waals surface area contributed by atoms with Gasteiger partial charge < -0.3 is 10.5 Å². The fraction of sp³-hybridized carbons (Fsp3) is 0.538. The summed E-state index contributed by atoms with van der Waals surface area (Å²) in [7, 11) is 0. The SMILES string of the molecule is CCC(C)CC(N)c1ccccc1OC(F)(F)F. The first-order chi connectivity index (χ1) is 8.33. The molecule has 0 bridgehead atoms. The summed E-state index contributed by atoms with van der Waals surface area (Å²) in [6, 6.07) is 5.58. The van der Waals surface area contributed by atoms with E-state index in [1.165, 1.54) is 12.1 Å². The molecule has 0 aliphatic heterocycles. The van der Waals surface area contributed by atoms with Crippen molar-refractivity contribution in [3.63, 3.8) is 0 Å². The van der Waals surface area contributed by atoms with Gasteiger partial charge in [-0.2, -0.15) is 0 Å². The standard InChI is InChI=1S/C13H18F3NO/c1-3-9(2)8-11(17)10-6-4-5-7-12(10)18-13(14,15)16/h4-7,9,11H,3,8,17H2,1-2H3. The minimum absolute atomic E-state index is 0.208. The highest BCUT2D eigenvalue weighted by Crippen LogP contribution is 2.32. The maximum atomic E-state index is 12.3. The molecule has 0 fully saturated rings. The number of ether oxygens (including phenoxy) is 1. The van der Waals surface area contributed by atoms with E-state index in [1.807, 2.05) is 13.8 Å². The second-order valence-corrected chi connectivity index (χ2v) is 4.44. The average Bonchev–Trinajstić information content (AvgIpc) is 2.27. The second kappa shape index (κ2) is 6.09. The lowest BCUT2D eigenvalue weighted by Gasteiger charge is -2.20. The van der Waals surface area contributed by atoms with Gasteiger partial charge in [-0.25, -0.2) is 0 Å². The third-order valence-corrected chi connectivity index (χ3v) is 2.90. The highest BCUT2D eigenvalue weighted by Gasteiger charge is 2.32. The summed E-state index contributed by atoms with van der Waals surface area (Å²) < 4.78 is 40.7. The maximum Gasteiger partial charge on any atom is 0.573 e. The van der Waals surface area contributed by atoms with Gasteiger partial charge >= 0.3 is 6.36 Å². The van der Waals surface area contributed by atoms with Crippen molar-refractivity contribution in [1.82, 2.24) is 0 Å². The lowest BCUT2D eigenvalue weighted by molar-refractivity contribution is -0.275. The minimum atomic E-state index is -4.69. The summed E-state index contributed by atoms with van der Waals surface area (Å²) >= 11 is 0. The number of alkyl halides is 3. The molecule has 0 spiro atoms. The number of rotatable bonds is 5. The molecule has 0 radical (unpaired) electrons. The number of benzene rings is 1. The molecule has 1 aromatic carbocycles. The van der Waals surface area contributed by atoms with E-state index in [-0.39, 0.29) is 5.75 Å². The van der Waals surface area contributed by atoms with E-state index in [0.717, 1.165) is 6.42 Å². The molecule has 102 valence electrons. The molecule has 0 aliphatic carbocycles. The maximum absolute atomic E-state index is 12.3. The van der Waals surface area contributed by atoms with Crippen LogP contribution >= 0.6 is 0 Å². The summed E-state index contributed by atoms with van der Waals surface area (Å²) in [6.07, 6.45) is -3.11. The molecule has 2 atom stereocenters. The zero-order chi connectivity index (χ0) is 13.8. The molecule has 2 nitrogen and oxygen atoms in total. The van der Waals surface area contributed by atoms with Crippen LogP contribution in [0.5, 0.6) is 5.75 Å². The normalized spacial score (nSPS) is 15.2. The summed E-state index contributed by atoms with van der Waals surface area (Å²) in [4.78, 5) is 0. The summed E-state index contributed by atoms with van der Waals surface area (Å²) in [5.41, 5.74) is 6.34. The van der Waals surface area contributed by atoms with Crippen molar-refractivity contribution in [2.75, 3.05) is 0 Å². The first-order valence-electron chi connectivity index (χ1n) is 5.93. The van der Waals surface area contributed by atoms with Crippen molar-refractivity contribution < 1.29 is 17.9 Å². The topological polar surface area (TPSA) is 35.2 Å². The van der Waals surface area contributed by atoms with Gasteiger partial charge in [-0.3, -0.25) is 0 Å². The first-order valence-corrected chi connectivity index (χ1v) is 5.93. The van der Waals surface area contributed by atoms with Gasteiger partial charge in [0.15, 0.2) is 0 Å². The number of hydrogen-bond acceptors (Lipinski definition) is 2. The van der Waals surface area contributed by atoms with Crippen LogP contribution < -0.4 is 10.5 Å². The Morgan fingerprint density at radius 1 is 1.28 bits per heavy atom. The third-order valence-electron chi connectivity index (χ3n) is 2.90. The van der Waals surface area contributed by atoms with Crippen LogP contribution in [0.15, 0.2) is 24.3 Å². The van der Waals surface area contributed by atoms with E-state index in [1.54, 1.807) is 12.1 Å². The van der Waals surface area contributed by atoms with Gasteiger partial charge in [0.2, 0.25) is 0 Å². The van der Waals surface area contributed by atoms with Crippen LogP contribution in [0.3, 0.4) is 0 Å². The predicted octanol–water partition coefficient (Wildman–Crippen LogP) is 4.02. The summed E-state index contributed by atoms with van der Waals surface area (Å²) in [5.74, 6) is 0.153. The number of hydrogen-bond donors (Lipinski definition) is 1. The molecule has 1 aromatic rings. The number of halogens is 3. The molecular weight excluding hydrogens is 243 g/mol. The van der Waals surface area contributed by atoms with Crippen LogP contribution in [0.2, 0.25) is 0 Å². The van der Waals surface area contributed by atoms with Crippen molar-refractivity contribution in [3.05, 3.63) is 29.8 Å². The van der Waals surface area contributed by atoms with Crippen molar-refractivity contribution >= 4 is 0 Å². The number of para-hydroxylation sites is 1. The van der Waals surface area contributed by atoms with Crippen molar-refractivity contribution in [1.29, 1.82) is 0 Å². The van der Waals surface area contributed by atoms with Crippen molar-refractivity contribution in [2.45, 2.75) is 39.1 Å². The Hall–Kier alpha value is -1.23. The highest BCUT2D eigenvalue weighted by atomic mass is 19.4. The Kier molecular flexibility index (Phi) is 5.02. The highest BCUT2D eigenvalue weighted by molar-refractivity contribution is 5.35. The van der Waals surface area contributed by atoms with Gasteiger partial charge in [0.05, 0.1) is 0 Å². The Labute approximate surface area is 105 Å². The van der Waals surface area contributed by atoms with Crippen LogP contribution in [-0.4, -0.2) is 6.36 Å². The number of nitrogens with two attached hydrogens (primary N) is 1. The largest absolute Gasteiger partial charge is 0.573 e. The lowest BCUT2D eigenvalue weighted by atomic mass is 9.94. The zero-order valence-electron chi connectivity index (χ0n) is 10.5. The quantitative estimate of drug-likeness (QED) is 0.868. The van der Waals surface area contributed by atoms with Gasteiger partial charge in [-0.15, -0.1) is 13.2 Å². The Morgan fingerprint density at radius 3 is 2.44 bits per heavy atom. The molecule has 18 heavy (non-hydrogen) atoms. The molecule has 2 N–H and O–H groups in total. The molecule has 0 amide bonds. The average molecular weight is 261 g/mol. The van der Waals surface area contributed by atoms with E-state index in [0.29, 0.717) is 17.9 Å². The van der Waals surface area contributed by atoms with Crippen LogP contribution in [0, 0.1) is 5.92 Å². The fourth-order valence-corrected chi connectivity index (χ4v) is 1.73. The smallest absolute Gasteiger partial charge is 0.405 e. The fourth-order valence-electron chi connectivity index (χ4n) is 1.73. The predicted molar refractivity (Wildman–Crippen MR) is 64.1 cm³/mol. The van der Waals surface area contributed by atoms with E-state index >= 15 is 0 Å². The molecule has 1 rings (SSSR count). The lowest BCUT2D eigenvalue weighted by Crippen LogP contribution is -2.21. The van der Waals surface area contributed by atoms with Gasteiger partial charge in [0.1, 0.15) is 5.75 Å². The van der Waals surface area contributed by atoms with Crippen molar-refractivity contribution in [3.8, 4) is 5.75 Å². The molecular formula is C13H18F3NO. The van der Waals surface area contributed by atoms with Crippen LogP contribution in [0.1, 0.15) is 38.3 Å². The molecule has 2 unspecified atom stereocenters. The van der Waals surface area contributed by atoms with Gasteiger partial charge in [0, 0.05) is 11.6 Å². The monoisotopic (exact) mass is 261 g/mol. The van der Waals surface area contributed by atoms with Crippen LogP contribution in [0.4, 0.5) is 13.2 Å². The molecule has 0 saturated carbocycles. The van der Waals surface area contributed by atoms with Gasteiger partial charge in [-0.1, -0.05) is 38.5 Å². The van der Waals surface area contributed by atoms with Crippen LogP contribution in [0.25, 0.3) is 0 Å². The van der Waals surface area contributed by atoms with E-state index < -0.39 is 12.4 Å². The third kappa shape index (κ3) is 4.56. The zero-order valence-corrected chi connectivity index (χ0v) is 10.5. The van der Waals surface area contributed by atoms with Crippen molar-refractivity contribution in [2.24, 2.45) is 11.7 Å². The van der Waals surface area contributed by atoms with E-state index in [9.17, 15) is 13.2 Å².